The lowest BCUT2D eigenvalue weighted by Crippen LogP contribution is -2.10. The molecule has 0 atom stereocenters. The molecular formula is C10H20N2. The summed E-state index contributed by atoms with van der Waals surface area (Å²) in [6.07, 6.45) is 6.10. The van der Waals surface area contributed by atoms with Gasteiger partial charge in [0, 0.05) is 12.1 Å². The molecule has 0 aliphatic heterocycles. The van der Waals surface area contributed by atoms with E-state index in [0.29, 0.717) is 0 Å². The quantitative estimate of drug-likeness (QED) is 0.497. The van der Waals surface area contributed by atoms with E-state index in [2.05, 4.69) is 31.8 Å². The fraction of sp³-hybridized carbons (Fsp3) is 0.700. The Kier molecular flexibility index (Phi) is 6.44. The molecule has 2 nitrogen and oxygen atoms in total. The summed E-state index contributed by atoms with van der Waals surface area (Å²) < 4.78 is 0. The minimum Gasteiger partial charge on any atom is -0.387 e. The van der Waals surface area contributed by atoms with E-state index in [1.165, 1.54) is 0 Å². The highest BCUT2D eigenvalue weighted by Gasteiger charge is 1.92. The van der Waals surface area contributed by atoms with E-state index in [9.17, 15) is 0 Å². The summed E-state index contributed by atoms with van der Waals surface area (Å²) in [5.41, 5.74) is 6.81. The smallest absolute Gasteiger partial charge is 0.0992 e. The Labute approximate surface area is 75.6 Å². The van der Waals surface area contributed by atoms with Crippen LogP contribution >= 0.6 is 0 Å². The molecule has 2 N–H and O–H groups in total. The van der Waals surface area contributed by atoms with Crippen molar-refractivity contribution in [1.29, 1.82) is 0 Å². The van der Waals surface area contributed by atoms with Gasteiger partial charge in [-0.2, -0.15) is 0 Å². The largest absolute Gasteiger partial charge is 0.387 e. The zero-order valence-corrected chi connectivity index (χ0v) is 8.43. The minimum atomic E-state index is 0.763. The van der Waals surface area contributed by atoms with E-state index in [4.69, 9.17) is 5.73 Å². The van der Waals surface area contributed by atoms with Crippen LogP contribution in [0.5, 0.6) is 0 Å². The fourth-order valence-electron chi connectivity index (χ4n) is 1.00. The first-order valence-corrected chi connectivity index (χ1v) is 4.76. The van der Waals surface area contributed by atoms with Crippen molar-refractivity contribution in [1.82, 2.24) is 0 Å². The van der Waals surface area contributed by atoms with Crippen LogP contribution in [0.3, 0.4) is 0 Å². The molecule has 0 unspecified atom stereocenters. The fourth-order valence-corrected chi connectivity index (χ4v) is 1.00. The maximum Gasteiger partial charge on any atom is 0.0992 e. The van der Waals surface area contributed by atoms with Gasteiger partial charge < -0.3 is 5.73 Å². The lowest BCUT2D eigenvalue weighted by molar-refractivity contribution is 0.962. The average molecular weight is 168 g/mol. The Bertz CT molecular complexity index is 169. The highest BCUT2D eigenvalue weighted by Crippen LogP contribution is 2.04. The van der Waals surface area contributed by atoms with Crippen molar-refractivity contribution < 1.29 is 0 Å². The number of hydrogen-bond donors (Lipinski definition) is 1. The van der Waals surface area contributed by atoms with E-state index >= 15 is 0 Å². The molecule has 2 heteroatoms. The van der Waals surface area contributed by atoms with Gasteiger partial charge in [0.25, 0.3) is 0 Å². The molecule has 70 valence electrons. The number of aliphatic imine (C=N–C) groups is 1. The van der Waals surface area contributed by atoms with E-state index in [0.717, 1.165) is 37.2 Å². The lowest BCUT2D eigenvalue weighted by atomic mass is 10.2. The number of amidine groups is 1. The molecule has 0 bridgehead atoms. The molecule has 0 aliphatic carbocycles. The lowest BCUT2D eigenvalue weighted by Gasteiger charge is -2.00. The van der Waals surface area contributed by atoms with Crippen molar-refractivity contribution in [3.63, 3.8) is 0 Å². The molecule has 0 rings (SSSR count). The Morgan fingerprint density at radius 3 is 2.42 bits per heavy atom. The normalized spacial score (nSPS) is 13.6. The van der Waals surface area contributed by atoms with Crippen LogP contribution in [-0.2, 0) is 0 Å². The summed E-state index contributed by atoms with van der Waals surface area (Å²) in [6.45, 7) is 6.32. The second-order valence-electron chi connectivity index (χ2n) is 2.81. The molecule has 0 saturated carbocycles. The zero-order chi connectivity index (χ0) is 9.40. The molecule has 0 fully saturated rings. The van der Waals surface area contributed by atoms with Crippen molar-refractivity contribution in [3.8, 4) is 0 Å². The summed E-state index contributed by atoms with van der Waals surface area (Å²) in [7, 11) is 0. The summed E-state index contributed by atoms with van der Waals surface area (Å²) in [5, 5.41) is 0. The van der Waals surface area contributed by atoms with Crippen molar-refractivity contribution >= 4 is 5.84 Å². The molecule has 0 amide bonds. The molecule has 0 aromatic carbocycles. The topological polar surface area (TPSA) is 38.4 Å². The second kappa shape index (κ2) is 6.89. The summed E-state index contributed by atoms with van der Waals surface area (Å²) in [6, 6.07) is 0. The maximum absolute atomic E-state index is 5.70. The average Bonchev–Trinajstić information content (AvgIpc) is 2.04. The second-order valence-corrected chi connectivity index (χ2v) is 2.81. The molecule has 0 heterocycles. The summed E-state index contributed by atoms with van der Waals surface area (Å²) >= 11 is 0. The number of nitrogens with zero attached hydrogens (tertiary/aromatic N) is 1. The van der Waals surface area contributed by atoms with E-state index in [-0.39, 0.29) is 0 Å². The monoisotopic (exact) mass is 168 g/mol. The highest BCUT2D eigenvalue weighted by atomic mass is 14.9. The van der Waals surface area contributed by atoms with Gasteiger partial charge in [-0.05, 0) is 19.3 Å². The van der Waals surface area contributed by atoms with E-state index < -0.39 is 0 Å². The first kappa shape index (κ1) is 11.2. The van der Waals surface area contributed by atoms with Crippen molar-refractivity contribution in [2.45, 2.75) is 46.5 Å². The Morgan fingerprint density at radius 1 is 1.33 bits per heavy atom. The van der Waals surface area contributed by atoms with Crippen LogP contribution in [0.15, 0.2) is 16.8 Å². The first-order chi connectivity index (χ1) is 5.74. The van der Waals surface area contributed by atoms with Crippen molar-refractivity contribution in [3.05, 3.63) is 11.8 Å². The van der Waals surface area contributed by atoms with Gasteiger partial charge in [0.15, 0.2) is 0 Å². The van der Waals surface area contributed by atoms with Crippen molar-refractivity contribution in [2.24, 2.45) is 10.7 Å². The molecule has 0 spiro atoms. The maximum atomic E-state index is 5.70. The molecule has 0 radical (unpaired) electrons. The Hall–Kier alpha value is -0.790. The Balaban J connectivity index is 4.15. The molecule has 0 saturated heterocycles. The van der Waals surface area contributed by atoms with Gasteiger partial charge in [0.2, 0.25) is 0 Å². The highest BCUT2D eigenvalue weighted by molar-refractivity contribution is 5.81. The molecular weight excluding hydrogens is 148 g/mol. The number of hydrogen-bond acceptors (Lipinski definition) is 1. The SMILES string of the molecule is CC/C=C(\CC)N=C(N)CCC. The number of rotatable bonds is 5. The standard InChI is InChI=1S/C10H20N2/c1-4-7-9(6-3)12-10(11)8-5-2/h7H,4-6,8H2,1-3H3,(H2,11,12)/b9-7+. The van der Waals surface area contributed by atoms with Crippen LogP contribution in [0.4, 0.5) is 0 Å². The summed E-state index contributed by atoms with van der Waals surface area (Å²) in [4.78, 5) is 4.33. The van der Waals surface area contributed by atoms with Gasteiger partial charge in [-0.1, -0.05) is 26.8 Å². The third-order valence-electron chi connectivity index (χ3n) is 1.60. The number of allylic oxidation sites excluding steroid dienone is 2. The van der Waals surface area contributed by atoms with Gasteiger partial charge in [0.1, 0.15) is 0 Å². The molecule has 0 aromatic rings. The van der Waals surface area contributed by atoms with Crippen LogP contribution in [0.2, 0.25) is 0 Å². The minimum absolute atomic E-state index is 0.763. The van der Waals surface area contributed by atoms with E-state index in [1.54, 1.807) is 0 Å². The zero-order valence-electron chi connectivity index (χ0n) is 8.43. The van der Waals surface area contributed by atoms with Gasteiger partial charge in [-0.3, -0.25) is 0 Å². The van der Waals surface area contributed by atoms with Gasteiger partial charge >= 0.3 is 0 Å². The third-order valence-corrected chi connectivity index (χ3v) is 1.60. The summed E-state index contributed by atoms with van der Waals surface area (Å²) in [5.74, 6) is 0.763. The van der Waals surface area contributed by atoms with Crippen LogP contribution in [0.25, 0.3) is 0 Å². The Morgan fingerprint density at radius 2 is 2.00 bits per heavy atom. The van der Waals surface area contributed by atoms with Crippen LogP contribution in [0.1, 0.15) is 46.5 Å². The number of nitrogens with two attached hydrogens (primary N) is 1. The molecule has 0 aromatic heterocycles. The molecule has 0 aliphatic rings. The first-order valence-electron chi connectivity index (χ1n) is 4.76. The van der Waals surface area contributed by atoms with Crippen molar-refractivity contribution in [2.75, 3.05) is 0 Å². The van der Waals surface area contributed by atoms with Crippen LogP contribution in [0, 0.1) is 0 Å². The van der Waals surface area contributed by atoms with Crippen LogP contribution < -0.4 is 5.73 Å². The van der Waals surface area contributed by atoms with Crippen LogP contribution in [-0.4, -0.2) is 5.84 Å². The predicted octanol–water partition coefficient (Wildman–Crippen LogP) is 2.85. The third kappa shape index (κ3) is 4.94. The predicted molar refractivity (Wildman–Crippen MR) is 55.2 cm³/mol. The van der Waals surface area contributed by atoms with Gasteiger partial charge in [0.05, 0.1) is 5.84 Å². The van der Waals surface area contributed by atoms with Gasteiger partial charge in [-0.15, -0.1) is 0 Å². The van der Waals surface area contributed by atoms with E-state index in [1.807, 2.05) is 0 Å². The molecule has 12 heavy (non-hydrogen) atoms. The van der Waals surface area contributed by atoms with Gasteiger partial charge in [-0.25, -0.2) is 4.99 Å².